The average molecular weight is 324 g/mol. The van der Waals surface area contributed by atoms with E-state index in [1.165, 1.54) is 16.8 Å². The molecule has 24 heavy (non-hydrogen) atoms. The third kappa shape index (κ3) is 3.17. The molecule has 1 amide bonds. The maximum Gasteiger partial charge on any atom is 0.295 e. The lowest BCUT2D eigenvalue weighted by atomic mass is 10.1. The third-order valence-corrected chi connectivity index (χ3v) is 3.68. The number of halogens is 1. The number of nitrogens with zero attached hydrogens (tertiary/aromatic N) is 3. The minimum atomic E-state index is -0.382. The van der Waals surface area contributed by atoms with Crippen LogP contribution in [0.25, 0.3) is 5.69 Å². The number of nitrogens with one attached hydrogen (secondary N) is 1. The molecule has 2 aromatic carbocycles. The van der Waals surface area contributed by atoms with Crippen molar-refractivity contribution < 1.29 is 9.18 Å². The zero-order valence-corrected chi connectivity index (χ0v) is 13.7. The van der Waals surface area contributed by atoms with Crippen LogP contribution in [0.3, 0.4) is 0 Å². The number of hydrogen-bond donors (Lipinski definition) is 1. The Kier molecular flexibility index (Phi) is 4.12. The predicted octanol–water partition coefficient (Wildman–Crippen LogP) is 3.58. The molecule has 0 spiro atoms. The first-order valence-corrected chi connectivity index (χ1v) is 7.52. The van der Waals surface area contributed by atoms with Crippen molar-refractivity contribution in [2.75, 3.05) is 5.32 Å². The van der Waals surface area contributed by atoms with E-state index in [0.29, 0.717) is 11.5 Å². The maximum atomic E-state index is 13.0. The summed E-state index contributed by atoms with van der Waals surface area (Å²) >= 11 is 0. The first kappa shape index (κ1) is 15.9. The molecule has 1 aromatic heterocycles. The Labute approximate surface area is 139 Å². The molecule has 1 N–H and O–H groups in total. The van der Waals surface area contributed by atoms with Crippen LogP contribution < -0.4 is 5.32 Å². The van der Waals surface area contributed by atoms with Gasteiger partial charge in [-0.3, -0.25) is 4.79 Å². The number of carbonyl (C=O) groups excluding carboxylic acids is 1. The van der Waals surface area contributed by atoms with Crippen molar-refractivity contribution in [2.24, 2.45) is 0 Å². The van der Waals surface area contributed by atoms with Gasteiger partial charge >= 0.3 is 0 Å². The van der Waals surface area contributed by atoms with Gasteiger partial charge in [0.15, 0.2) is 0 Å². The fraction of sp³-hybridized carbons (Fsp3) is 0.167. The normalized spacial score (nSPS) is 10.7. The highest BCUT2D eigenvalue weighted by molar-refractivity contribution is 6.02. The molecule has 0 aliphatic heterocycles. The van der Waals surface area contributed by atoms with Gasteiger partial charge in [0.1, 0.15) is 11.6 Å². The molecule has 0 radical (unpaired) electrons. The number of rotatable bonds is 3. The second kappa shape index (κ2) is 6.23. The predicted molar refractivity (Wildman–Crippen MR) is 89.9 cm³/mol. The van der Waals surface area contributed by atoms with E-state index in [0.717, 1.165) is 16.8 Å². The van der Waals surface area contributed by atoms with E-state index in [9.17, 15) is 9.18 Å². The van der Waals surface area contributed by atoms with Gasteiger partial charge in [-0.2, -0.15) is 0 Å². The van der Waals surface area contributed by atoms with Crippen molar-refractivity contribution in [3.05, 3.63) is 71.1 Å². The molecule has 0 saturated carbocycles. The quantitative estimate of drug-likeness (QED) is 0.801. The molecule has 0 unspecified atom stereocenters. The SMILES string of the molecule is Cc1ccc(C)c(NC(=O)c2nc(C)n(-c3ccc(F)cc3)n2)c1. The zero-order valence-electron chi connectivity index (χ0n) is 13.7. The van der Waals surface area contributed by atoms with Gasteiger partial charge in [0, 0.05) is 5.69 Å². The molecule has 5 nitrogen and oxygen atoms in total. The summed E-state index contributed by atoms with van der Waals surface area (Å²) in [6.45, 7) is 5.62. The number of aromatic nitrogens is 3. The minimum Gasteiger partial charge on any atom is -0.319 e. The fourth-order valence-corrected chi connectivity index (χ4v) is 2.36. The first-order valence-electron chi connectivity index (χ1n) is 7.52. The van der Waals surface area contributed by atoms with Gasteiger partial charge in [-0.1, -0.05) is 12.1 Å². The molecule has 1 heterocycles. The van der Waals surface area contributed by atoms with Crippen LogP contribution in [0.4, 0.5) is 10.1 Å². The van der Waals surface area contributed by atoms with Gasteiger partial charge in [-0.25, -0.2) is 14.1 Å². The van der Waals surface area contributed by atoms with Crippen LogP contribution in [-0.2, 0) is 0 Å². The van der Waals surface area contributed by atoms with Gasteiger partial charge in [0.05, 0.1) is 5.69 Å². The van der Waals surface area contributed by atoms with Crippen molar-refractivity contribution in [1.82, 2.24) is 14.8 Å². The molecule has 3 aromatic rings. The molecule has 3 rings (SSSR count). The highest BCUT2D eigenvalue weighted by Gasteiger charge is 2.16. The van der Waals surface area contributed by atoms with Crippen LogP contribution in [0.1, 0.15) is 27.6 Å². The zero-order chi connectivity index (χ0) is 17.3. The number of aryl methyl sites for hydroxylation is 3. The molecule has 0 aliphatic rings. The summed E-state index contributed by atoms with van der Waals surface area (Å²) in [5, 5.41) is 7.06. The Hall–Kier alpha value is -3.02. The summed E-state index contributed by atoms with van der Waals surface area (Å²) in [4.78, 5) is 16.6. The van der Waals surface area contributed by atoms with E-state index in [-0.39, 0.29) is 17.5 Å². The highest BCUT2D eigenvalue weighted by Crippen LogP contribution is 2.17. The topological polar surface area (TPSA) is 59.8 Å². The smallest absolute Gasteiger partial charge is 0.295 e. The second-order valence-corrected chi connectivity index (χ2v) is 5.64. The van der Waals surface area contributed by atoms with E-state index in [1.807, 2.05) is 32.0 Å². The minimum absolute atomic E-state index is 0.0673. The standard InChI is InChI=1S/C18H17FN4O/c1-11-4-5-12(2)16(10-11)21-18(24)17-20-13(3)23(22-17)15-8-6-14(19)7-9-15/h4-10H,1-3H3,(H,21,24). The van der Waals surface area contributed by atoms with Gasteiger partial charge in [0.2, 0.25) is 5.82 Å². The number of hydrogen-bond acceptors (Lipinski definition) is 3. The van der Waals surface area contributed by atoms with Crippen molar-refractivity contribution >= 4 is 11.6 Å². The molecular formula is C18H17FN4O. The van der Waals surface area contributed by atoms with Crippen LogP contribution in [0.15, 0.2) is 42.5 Å². The van der Waals surface area contributed by atoms with E-state index in [4.69, 9.17) is 0 Å². The molecule has 122 valence electrons. The summed E-state index contributed by atoms with van der Waals surface area (Å²) in [7, 11) is 0. The maximum absolute atomic E-state index is 13.0. The Morgan fingerprint density at radius 3 is 2.50 bits per heavy atom. The van der Waals surface area contributed by atoms with Crippen molar-refractivity contribution in [2.45, 2.75) is 20.8 Å². The van der Waals surface area contributed by atoms with E-state index >= 15 is 0 Å². The lowest BCUT2D eigenvalue weighted by Crippen LogP contribution is -2.15. The third-order valence-electron chi connectivity index (χ3n) is 3.68. The molecule has 0 fully saturated rings. The monoisotopic (exact) mass is 324 g/mol. The Morgan fingerprint density at radius 2 is 1.79 bits per heavy atom. The molecule has 6 heteroatoms. The number of benzene rings is 2. The molecule has 0 bridgehead atoms. The van der Waals surface area contributed by atoms with Crippen LogP contribution in [-0.4, -0.2) is 20.7 Å². The summed E-state index contributed by atoms with van der Waals surface area (Å²) < 4.78 is 14.6. The molecular weight excluding hydrogens is 307 g/mol. The second-order valence-electron chi connectivity index (χ2n) is 5.64. The summed E-state index contributed by atoms with van der Waals surface area (Å²) in [6, 6.07) is 11.7. The van der Waals surface area contributed by atoms with Gasteiger partial charge in [-0.15, -0.1) is 5.10 Å². The van der Waals surface area contributed by atoms with Crippen molar-refractivity contribution in [1.29, 1.82) is 0 Å². The van der Waals surface area contributed by atoms with Gasteiger partial charge in [0.25, 0.3) is 5.91 Å². The number of anilines is 1. The summed E-state index contributed by atoms with van der Waals surface area (Å²) in [6.07, 6.45) is 0. The van der Waals surface area contributed by atoms with E-state index < -0.39 is 0 Å². The summed E-state index contributed by atoms with van der Waals surface area (Å²) in [5.74, 6) is -0.0949. The lowest BCUT2D eigenvalue weighted by molar-refractivity contribution is 0.101. The van der Waals surface area contributed by atoms with Crippen LogP contribution in [0.5, 0.6) is 0 Å². The fourth-order valence-electron chi connectivity index (χ4n) is 2.36. The summed E-state index contributed by atoms with van der Waals surface area (Å²) in [5.41, 5.74) is 3.39. The Bertz CT molecular complexity index is 900. The number of amides is 1. The molecule has 0 atom stereocenters. The highest BCUT2D eigenvalue weighted by atomic mass is 19.1. The molecule has 0 saturated heterocycles. The van der Waals surface area contributed by atoms with Crippen molar-refractivity contribution in [3.8, 4) is 5.69 Å². The van der Waals surface area contributed by atoms with Gasteiger partial charge < -0.3 is 5.32 Å². The first-order chi connectivity index (χ1) is 11.4. The van der Waals surface area contributed by atoms with Crippen LogP contribution in [0, 0.1) is 26.6 Å². The van der Waals surface area contributed by atoms with E-state index in [1.54, 1.807) is 19.1 Å². The van der Waals surface area contributed by atoms with Gasteiger partial charge in [-0.05, 0) is 62.2 Å². The van der Waals surface area contributed by atoms with Crippen LogP contribution in [0.2, 0.25) is 0 Å². The molecule has 0 aliphatic carbocycles. The Balaban J connectivity index is 1.87. The number of carbonyl (C=O) groups is 1. The van der Waals surface area contributed by atoms with Crippen molar-refractivity contribution in [3.63, 3.8) is 0 Å². The average Bonchev–Trinajstić information content (AvgIpc) is 2.94. The Morgan fingerprint density at radius 1 is 1.08 bits per heavy atom. The van der Waals surface area contributed by atoms with E-state index in [2.05, 4.69) is 15.4 Å². The van der Waals surface area contributed by atoms with Crippen LogP contribution >= 0.6 is 0 Å². The lowest BCUT2D eigenvalue weighted by Gasteiger charge is -2.07. The largest absolute Gasteiger partial charge is 0.319 e.